The molecule has 0 saturated carbocycles. The van der Waals surface area contributed by atoms with E-state index in [0.29, 0.717) is 13.0 Å². The summed E-state index contributed by atoms with van der Waals surface area (Å²) in [5, 5.41) is 5.76. The van der Waals surface area contributed by atoms with Crippen molar-refractivity contribution in [1.29, 1.82) is 0 Å². The van der Waals surface area contributed by atoms with Gasteiger partial charge in [0.25, 0.3) is 0 Å². The summed E-state index contributed by atoms with van der Waals surface area (Å²) in [5.41, 5.74) is 4.11. The van der Waals surface area contributed by atoms with Gasteiger partial charge in [0.05, 0.1) is 17.8 Å². The molecular formula is C21H24N4OS. The number of anilines is 1. The van der Waals surface area contributed by atoms with Gasteiger partial charge in [0.2, 0.25) is 5.91 Å². The highest BCUT2D eigenvalue weighted by Crippen LogP contribution is 2.21. The first kappa shape index (κ1) is 19.0. The van der Waals surface area contributed by atoms with Gasteiger partial charge in [-0.15, -0.1) is 11.3 Å². The number of hydrogen-bond donors (Lipinski definition) is 1. The minimum Gasteiger partial charge on any atom is -0.378 e. The van der Waals surface area contributed by atoms with Crippen molar-refractivity contribution in [2.75, 3.05) is 25.5 Å². The number of carbonyl (C=O) groups is 1. The molecular weight excluding hydrogens is 356 g/mol. The summed E-state index contributed by atoms with van der Waals surface area (Å²) in [4.78, 5) is 23.0. The predicted molar refractivity (Wildman–Crippen MR) is 111 cm³/mol. The highest BCUT2D eigenvalue weighted by atomic mass is 32.1. The SMILES string of the molecule is CN(C)c1ccc(CCCNC(=O)Cc2csc(-c3ccccn3)n2)cc1. The van der Waals surface area contributed by atoms with Crippen LogP contribution in [-0.4, -0.2) is 36.5 Å². The van der Waals surface area contributed by atoms with E-state index in [0.717, 1.165) is 29.2 Å². The Morgan fingerprint density at radius 2 is 1.96 bits per heavy atom. The van der Waals surface area contributed by atoms with Gasteiger partial charge in [-0.1, -0.05) is 18.2 Å². The molecule has 0 aliphatic carbocycles. The molecule has 5 nitrogen and oxygen atoms in total. The maximum absolute atomic E-state index is 12.1. The van der Waals surface area contributed by atoms with Crippen LogP contribution in [0.25, 0.3) is 10.7 Å². The Labute approximate surface area is 164 Å². The number of nitrogens with zero attached hydrogens (tertiary/aromatic N) is 3. The van der Waals surface area contributed by atoms with Crippen LogP contribution in [0.3, 0.4) is 0 Å². The van der Waals surface area contributed by atoms with Gasteiger partial charge in [-0.25, -0.2) is 4.98 Å². The first-order valence-electron chi connectivity index (χ1n) is 9.00. The standard InChI is InChI=1S/C21H24N4OS/c1-25(2)18-10-8-16(9-11-18)6-5-13-23-20(26)14-17-15-27-21(24-17)19-7-3-4-12-22-19/h3-4,7-12,15H,5-6,13-14H2,1-2H3,(H,23,26). The zero-order valence-electron chi connectivity index (χ0n) is 15.7. The Bertz CT molecular complexity index is 859. The monoisotopic (exact) mass is 380 g/mol. The number of thiazole rings is 1. The Balaban J connectivity index is 1.40. The summed E-state index contributed by atoms with van der Waals surface area (Å²) in [7, 11) is 4.07. The van der Waals surface area contributed by atoms with E-state index in [1.165, 1.54) is 22.6 Å². The van der Waals surface area contributed by atoms with E-state index >= 15 is 0 Å². The van der Waals surface area contributed by atoms with Crippen LogP contribution < -0.4 is 10.2 Å². The summed E-state index contributed by atoms with van der Waals surface area (Å²) in [6.45, 7) is 0.672. The Morgan fingerprint density at radius 3 is 2.67 bits per heavy atom. The molecule has 2 aromatic heterocycles. The molecule has 0 radical (unpaired) electrons. The smallest absolute Gasteiger partial charge is 0.226 e. The van der Waals surface area contributed by atoms with Crippen molar-refractivity contribution in [1.82, 2.24) is 15.3 Å². The topological polar surface area (TPSA) is 58.1 Å². The normalized spacial score (nSPS) is 10.6. The fourth-order valence-corrected chi connectivity index (χ4v) is 3.50. The van der Waals surface area contributed by atoms with Crippen LogP contribution in [-0.2, 0) is 17.6 Å². The van der Waals surface area contributed by atoms with Gasteiger partial charge in [0.15, 0.2) is 0 Å². The number of rotatable bonds is 8. The number of benzene rings is 1. The minimum absolute atomic E-state index is 0.0100. The third-order valence-electron chi connectivity index (χ3n) is 4.19. The third-order valence-corrected chi connectivity index (χ3v) is 5.11. The van der Waals surface area contributed by atoms with Gasteiger partial charge < -0.3 is 10.2 Å². The van der Waals surface area contributed by atoms with Crippen LogP contribution in [0.1, 0.15) is 17.7 Å². The number of aryl methyl sites for hydroxylation is 1. The van der Waals surface area contributed by atoms with E-state index in [1.54, 1.807) is 6.20 Å². The van der Waals surface area contributed by atoms with Gasteiger partial charge in [-0.05, 0) is 42.7 Å². The fourth-order valence-electron chi connectivity index (χ4n) is 2.70. The second-order valence-corrected chi connectivity index (χ2v) is 7.41. The highest BCUT2D eigenvalue weighted by Gasteiger charge is 2.09. The minimum atomic E-state index is 0.0100. The maximum Gasteiger partial charge on any atom is 0.226 e. The van der Waals surface area contributed by atoms with Crippen molar-refractivity contribution in [3.63, 3.8) is 0 Å². The van der Waals surface area contributed by atoms with E-state index < -0.39 is 0 Å². The molecule has 0 spiro atoms. The predicted octanol–water partition coefficient (Wildman–Crippen LogP) is 3.56. The Morgan fingerprint density at radius 1 is 1.15 bits per heavy atom. The lowest BCUT2D eigenvalue weighted by atomic mass is 10.1. The molecule has 0 atom stereocenters. The zero-order chi connectivity index (χ0) is 19.1. The van der Waals surface area contributed by atoms with Crippen LogP contribution >= 0.6 is 11.3 Å². The average molecular weight is 381 g/mol. The van der Waals surface area contributed by atoms with Gasteiger partial charge in [-0.2, -0.15) is 0 Å². The number of carbonyl (C=O) groups excluding carboxylic acids is 1. The first-order valence-corrected chi connectivity index (χ1v) is 9.88. The van der Waals surface area contributed by atoms with Crippen molar-refractivity contribution in [3.05, 3.63) is 65.3 Å². The van der Waals surface area contributed by atoms with E-state index in [2.05, 4.69) is 44.5 Å². The average Bonchev–Trinajstić information content (AvgIpc) is 3.15. The largest absolute Gasteiger partial charge is 0.378 e. The molecule has 3 rings (SSSR count). The summed E-state index contributed by atoms with van der Waals surface area (Å²) in [6.07, 6.45) is 3.93. The number of amides is 1. The fraction of sp³-hybridized carbons (Fsp3) is 0.286. The Hall–Kier alpha value is -2.73. The maximum atomic E-state index is 12.1. The lowest BCUT2D eigenvalue weighted by molar-refractivity contribution is -0.120. The summed E-state index contributed by atoms with van der Waals surface area (Å²) in [5.74, 6) is 0.0100. The number of nitrogens with one attached hydrogen (secondary N) is 1. The molecule has 27 heavy (non-hydrogen) atoms. The van der Waals surface area contributed by atoms with Crippen molar-refractivity contribution in [2.24, 2.45) is 0 Å². The van der Waals surface area contributed by atoms with Crippen LogP contribution in [0.15, 0.2) is 54.0 Å². The molecule has 6 heteroatoms. The molecule has 140 valence electrons. The number of hydrogen-bond acceptors (Lipinski definition) is 5. The van der Waals surface area contributed by atoms with E-state index in [1.807, 2.05) is 37.7 Å². The molecule has 1 amide bonds. The van der Waals surface area contributed by atoms with Crippen LogP contribution in [0.2, 0.25) is 0 Å². The first-order chi connectivity index (χ1) is 13.1. The molecule has 0 aliphatic heterocycles. The molecule has 1 N–H and O–H groups in total. The second kappa shape index (κ2) is 9.28. The number of aromatic nitrogens is 2. The molecule has 2 heterocycles. The lowest BCUT2D eigenvalue weighted by Crippen LogP contribution is -2.26. The van der Waals surface area contributed by atoms with Crippen molar-refractivity contribution >= 4 is 22.9 Å². The van der Waals surface area contributed by atoms with Crippen LogP contribution in [0.4, 0.5) is 5.69 Å². The molecule has 0 fully saturated rings. The van der Waals surface area contributed by atoms with Crippen LogP contribution in [0.5, 0.6) is 0 Å². The third kappa shape index (κ3) is 5.62. The second-order valence-electron chi connectivity index (χ2n) is 6.55. The molecule has 0 aliphatic rings. The van der Waals surface area contributed by atoms with Gasteiger partial charge in [0, 0.05) is 37.9 Å². The quantitative estimate of drug-likeness (QED) is 0.607. The zero-order valence-corrected chi connectivity index (χ0v) is 16.5. The van der Waals surface area contributed by atoms with E-state index in [4.69, 9.17) is 0 Å². The van der Waals surface area contributed by atoms with Crippen molar-refractivity contribution in [3.8, 4) is 10.7 Å². The lowest BCUT2D eigenvalue weighted by Gasteiger charge is -2.12. The van der Waals surface area contributed by atoms with Gasteiger partial charge in [0.1, 0.15) is 5.01 Å². The highest BCUT2D eigenvalue weighted by molar-refractivity contribution is 7.13. The van der Waals surface area contributed by atoms with E-state index in [-0.39, 0.29) is 5.91 Å². The van der Waals surface area contributed by atoms with E-state index in [9.17, 15) is 4.79 Å². The van der Waals surface area contributed by atoms with Gasteiger partial charge in [-0.3, -0.25) is 9.78 Å². The summed E-state index contributed by atoms with van der Waals surface area (Å²) < 4.78 is 0. The Kier molecular flexibility index (Phi) is 6.54. The molecule has 3 aromatic rings. The van der Waals surface area contributed by atoms with Crippen molar-refractivity contribution in [2.45, 2.75) is 19.3 Å². The summed E-state index contributed by atoms with van der Waals surface area (Å²) in [6, 6.07) is 14.3. The molecule has 1 aromatic carbocycles. The van der Waals surface area contributed by atoms with Gasteiger partial charge >= 0.3 is 0 Å². The molecule has 0 saturated heterocycles. The van der Waals surface area contributed by atoms with Crippen molar-refractivity contribution < 1.29 is 4.79 Å². The van der Waals surface area contributed by atoms with Crippen LogP contribution in [0, 0.1) is 0 Å². The molecule has 0 unspecified atom stereocenters. The number of pyridine rings is 1. The summed E-state index contributed by atoms with van der Waals surface area (Å²) >= 11 is 1.52. The molecule has 0 bridgehead atoms.